The van der Waals surface area contributed by atoms with Crippen LogP contribution in [0.3, 0.4) is 0 Å². The number of carbonyl (C=O) groups is 3. The molecule has 0 aliphatic heterocycles. The van der Waals surface area contributed by atoms with Gasteiger partial charge >= 0.3 is 0 Å². The van der Waals surface area contributed by atoms with Crippen LogP contribution < -0.4 is 0 Å². The van der Waals surface area contributed by atoms with E-state index in [0.717, 1.165) is 11.1 Å². The molecule has 0 aromatic heterocycles. The SMILES string of the molecule is O=C1C[C@@H](c2ccccc2)C2(C(=O)c3ccccc3C2=O)[C@H](c2ccccc2)C1. The van der Waals surface area contributed by atoms with Crippen molar-refractivity contribution in [2.45, 2.75) is 24.7 Å². The van der Waals surface area contributed by atoms with E-state index in [9.17, 15) is 14.4 Å². The van der Waals surface area contributed by atoms with Crippen LogP contribution in [-0.4, -0.2) is 17.3 Å². The summed E-state index contributed by atoms with van der Waals surface area (Å²) < 4.78 is 0. The van der Waals surface area contributed by atoms with Gasteiger partial charge in [0.2, 0.25) is 0 Å². The molecule has 0 radical (unpaired) electrons. The van der Waals surface area contributed by atoms with E-state index in [1.807, 2.05) is 60.7 Å². The normalized spacial score (nSPS) is 22.7. The van der Waals surface area contributed by atoms with Gasteiger partial charge in [-0.15, -0.1) is 0 Å². The summed E-state index contributed by atoms with van der Waals surface area (Å²) in [6, 6.07) is 26.2. The predicted octanol–water partition coefficient (Wildman–Crippen LogP) is 4.98. The van der Waals surface area contributed by atoms with E-state index in [1.165, 1.54) is 0 Å². The molecule has 2 atom stereocenters. The summed E-state index contributed by atoms with van der Waals surface area (Å²) in [5, 5.41) is 0. The fourth-order valence-electron chi connectivity index (χ4n) is 5.30. The second kappa shape index (κ2) is 6.63. The van der Waals surface area contributed by atoms with Crippen molar-refractivity contribution in [3.05, 3.63) is 107 Å². The summed E-state index contributed by atoms with van der Waals surface area (Å²) in [5.74, 6) is -1.14. The minimum absolute atomic E-state index is 0.0925. The van der Waals surface area contributed by atoms with Crippen LogP contribution >= 0.6 is 0 Å². The standard InChI is InChI=1S/C26H20O3/c27-19-15-22(17-9-3-1-4-10-17)26(23(16-19)18-11-5-2-6-12-18)24(28)20-13-7-8-14-21(20)25(26)29/h1-14,22-23H,15-16H2/t22-,23-/m0/s1. The van der Waals surface area contributed by atoms with Crippen molar-refractivity contribution in [1.82, 2.24) is 0 Å². The van der Waals surface area contributed by atoms with Gasteiger partial charge in [0.1, 0.15) is 11.2 Å². The zero-order valence-corrected chi connectivity index (χ0v) is 15.9. The fraction of sp³-hybridized carbons (Fsp3) is 0.192. The zero-order chi connectivity index (χ0) is 20.0. The van der Waals surface area contributed by atoms with E-state index in [4.69, 9.17) is 0 Å². The molecular weight excluding hydrogens is 360 g/mol. The molecule has 1 fully saturated rings. The average Bonchev–Trinajstić information content (AvgIpc) is 2.99. The van der Waals surface area contributed by atoms with Gasteiger partial charge in [0, 0.05) is 35.8 Å². The van der Waals surface area contributed by atoms with Crippen LogP contribution in [-0.2, 0) is 4.79 Å². The van der Waals surface area contributed by atoms with Gasteiger partial charge in [-0.1, -0.05) is 84.9 Å². The van der Waals surface area contributed by atoms with Gasteiger partial charge in [-0.3, -0.25) is 14.4 Å². The number of carbonyl (C=O) groups excluding carboxylic acids is 3. The highest BCUT2D eigenvalue weighted by Crippen LogP contribution is 2.59. The van der Waals surface area contributed by atoms with Gasteiger partial charge in [0.15, 0.2) is 11.6 Å². The Balaban J connectivity index is 1.80. The molecule has 0 bridgehead atoms. The van der Waals surface area contributed by atoms with Crippen molar-refractivity contribution in [1.29, 1.82) is 0 Å². The third-order valence-electron chi connectivity index (χ3n) is 6.53. The van der Waals surface area contributed by atoms with E-state index < -0.39 is 17.3 Å². The number of hydrogen-bond acceptors (Lipinski definition) is 3. The summed E-state index contributed by atoms with van der Waals surface area (Å²) in [6.07, 6.45) is 0.414. The summed E-state index contributed by atoms with van der Waals surface area (Å²) in [4.78, 5) is 40.7. The summed E-state index contributed by atoms with van der Waals surface area (Å²) in [7, 11) is 0. The van der Waals surface area contributed by atoms with Crippen LogP contribution in [0.1, 0.15) is 56.5 Å². The molecule has 2 aliphatic carbocycles. The molecule has 0 N–H and O–H groups in total. The second-order valence-electron chi connectivity index (χ2n) is 7.95. The first-order valence-electron chi connectivity index (χ1n) is 9.94. The molecule has 142 valence electrons. The smallest absolute Gasteiger partial charge is 0.178 e. The van der Waals surface area contributed by atoms with E-state index in [0.29, 0.717) is 11.1 Å². The molecule has 29 heavy (non-hydrogen) atoms. The Bertz CT molecular complexity index is 1030. The lowest BCUT2D eigenvalue weighted by molar-refractivity contribution is -0.122. The minimum Gasteiger partial charge on any atom is -0.300 e. The van der Waals surface area contributed by atoms with Gasteiger partial charge in [0.05, 0.1) is 0 Å². The molecule has 3 aromatic rings. The Hall–Kier alpha value is -3.33. The lowest BCUT2D eigenvalue weighted by atomic mass is 9.54. The van der Waals surface area contributed by atoms with Crippen LogP contribution in [0, 0.1) is 5.41 Å². The third-order valence-corrected chi connectivity index (χ3v) is 6.53. The van der Waals surface area contributed by atoms with E-state index in [-0.39, 0.29) is 30.2 Å². The van der Waals surface area contributed by atoms with Crippen molar-refractivity contribution < 1.29 is 14.4 Å². The quantitative estimate of drug-likeness (QED) is 0.589. The molecular formula is C26H20O3. The van der Waals surface area contributed by atoms with Crippen LogP contribution in [0.2, 0.25) is 0 Å². The van der Waals surface area contributed by atoms with Crippen LogP contribution in [0.4, 0.5) is 0 Å². The van der Waals surface area contributed by atoms with E-state index in [2.05, 4.69) is 0 Å². The highest BCUT2D eigenvalue weighted by Gasteiger charge is 2.64. The molecule has 2 aliphatic rings. The first-order valence-corrected chi connectivity index (χ1v) is 9.94. The molecule has 0 saturated heterocycles. The lowest BCUT2D eigenvalue weighted by Crippen LogP contribution is -2.49. The minimum atomic E-state index is -1.28. The Kier molecular flexibility index (Phi) is 4.06. The number of hydrogen-bond donors (Lipinski definition) is 0. The van der Waals surface area contributed by atoms with Crippen molar-refractivity contribution >= 4 is 17.3 Å². The van der Waals surface area contributed by atoms with Gasteiger partial charge in [0.25, 0.3) is 0 Å². The zero-order valence-electron chi connectivity index (χ0n) is 15.9. The number of fused-ring (bicyclic) bond motifs is 1. The van der Waals surface area contributed by atoms with Gasteiger partial charge in [-0.05, 0) is 11.1 Å². The maximum atomic E-state index is 13.9. The Morgan fingerprint density at radius 1 is 0.552 bits per heavy atom. The van der Waals surface area contributed by atoms with Crippen molar-refractivity contribution in [3.63, 3.8) is 0 Å². The van der Waals surface area contributed by atoms with Gasteiger partial charge < -0.3 is 0 Å². The molecule has 0 unspecified atom stereocenters. The average molecular weight is 380 g/mol. The van der Waals surface area contributed by atoms with Crippen molar-refractivity contribution in [2.24, 2.45) is 5.41 Å². The maximum Gasteiger partial charge on any atom is 0.178 e. The molecule has 0 heterocycles. The first kappa shape index (κ1) is 17.7. The highest BCUT2D eigenvalue weighted by atomic mass is 16.2. The molecule has 3 heteroatoms. The second-order valence-corrected chi connectivity index (χ2v) is 7.95. The van der Waals surface area contributed by atoms with Crippen LogP contribution in [0.5, 0.6) is 0 Å². The van der Waals surface area contributed by atoms with E-state index >= 15 is 0 Å². The molecule has 3 nitrogen and oxygen atoms in total. The van der Waals surface area contributed by atoms with Gasteiger partial charge in [-0.25, -0.2) is 0 Å². The third kappa shape index (κ3) is 2.47. The Morgan fingerprint density at radius 3 is 1.34 bits per heavy atom. The van der Waals surface area contributed by atoms with Crippen LogP contribution in [0.25, 0.3) is 0 Å². The first-order chi connectivity index (χ1) is 14.1. The lowest BCUT2D eigenvalue weighted by Gasteiger charge is -2.44. The monoisotopic (exact) mass is 380 g/mol. The Labute approximate surface area is 169 Å². The highest BCUT2D eigenvalue weighted by molar-refractivity contribution is 6.31. The van der Waals surface area contributed by atoms with E-state index in [1.54, 1.807) is 24.3 Å². The maximum absolute atomic E-state index is 13.9. The molecule has 0 amide bonds. The summed E-state index contributed by atoms with van der Waals surface area (Å²) in [6.45, 7) is 0. The summed E-state index contributed by atoms with van der Waals surface area (Å²) in [5.41, 5.74) is 1.43. The molecule has 3 aromatic carbocycles. The molecule has 1 saturated carbocycles. The number of benzene rings is 3. The van der Waals surface area contributed by atoms with Crippen LogP contribution in [0.15, 0.2) is 84.9 Å². The number of rotatable bonds is 2. The molecule has 1 spiro atoms. The topological polar surface area (TPSA) is 51.2 Å². The fourth-order valence-corrected chi connectivity index (χ4v) is 5.30. The van der Waals surface area contributed by atoms with Crippen molar-refractivity contribution in [3.8, 4) is 0 Å². The largest absolute Gasteiger partial charge is 0.300 e. The molecule has 5 rings (SSSR count). The summed E-state index contributed by atoms with van der Waals surface area (Å²) >= 11 is 0. The van der Waals surface area contributed by atoms with Gasteiger partial charge in [-0.2, -0.15) is 0 Å². The number of ketones is 3. The predicted molar refractivity (Wildman–Crippen MR) is 110 cm³/mol. The van der Waals surface area contributed by atoms with Crippen molar-refractivity contribution in [2.75, 3.05) is 0 Å². The Morgan fingerprint density at radius 2 is 0.931 bits per heavy atom. The number of Topliss-reactive ketones (excluding diaryl/α,β-unsaturated/α-hetero) is 3.